The van der Waals surface area contributed by atoms with Crippen LogP contribution in [0.3, 0.4) is 0 Å². The van der Waals surface area contributed by atoms with Gasteiger partial charge in [-0.05, 0) is 46.3 Å². The number of nitro benzene ring substituents is 1. The Morgan fingerprint density at radius 2 is 1.84 bits per heavy atom. The lowest BCUT2D eigenvalue weighted by atomic mass is 10.1. The molecule has 4 N–H and O–H groups in total. The summed E-state index contributed by atoms with van der Waals surface area (Å²) in [5.41, 5.74) is 5.62. The molecular formula is C15H11BrN4O4S. The summed E-state index contributed by atoms with van der Waals surface area (Å²) in [5.74, 6) is -1.30. The topological polar surface area (TPSA) is 127 Å². The molecule has 128 valence electrons. The summed E-state index contributed by atoms with van der Waals surface area (Å²) >= 11 is 8.20. The molecule has 0 aliphatic carbocycles. The minimum atomic E-state index is -0.654. The Hall–Kier alpha value is -2.85. The van der Waals surface area contributed by atoms with Gasteiger partial charge in [0.15, 0.2) is 5.11 Å². The molecule has 10 heteroatoms. The van der Waals surface area contributed by atoms with Gasteiger partial charge in [-0.1, -0.05) is 12.1 Å². The number of carbonyl (C=O) groups excluding carboxylic acids is 2. The van der Waals surface area contributed by atoms with Crippen LogP contribution in [-0.2, 0) is 0 Å². The van der Waals surface area contributed by atoms with Crippen LogP contribution in [-0.4, -0.2) is 21.9 Å². The number of amides is 2. The van der Waals surface area contributed by atoms with Crippen molar-refractivity contribution in [2.75, 3.05) is 5.32 Å². The van der Waals surface area contributed by atoms with E-state index in [2.05, 4.69) is 26.6 Å². The number of halogens is 1. The molecule has 0 aliphatic rings. The Labute approximate surface area is 155 Å². The van der Waals surface area contributed by atoms with Gasteiger partial charge in [-0.25, -0.2) is 0 Å². The summed E-state index contributed by atoms with van der Waals surface area (Å²) in [7, 11) is 0. The minimum Gasteiger partial charge on any atom is -0.366 e. The lowest BCUT2D eigenvalue weighted by Gasteiger charge is -2.12. The van der Waals surface area contributed by atoms with Gasteiger partial charge in [0.2, 0.25) is 0 Å². The Morgan fingerprint density at radius 3 is 2.48 bits per heavy atom. The van der Waals surface area contributed by atoms with Crippen LogP contribution < -0.4 is 16.4 Å². The second-order valence-corrected chi connectivity index (χ2v) is 6.00. The first-order chi connectivity index (χ1) is 11.8. The number of anilines is 1. The van der Waals surface area contributed by atoms with Crippen LogP contribution in [0.2, 0.25) is 0 Å². The van der Waals surface area contributed by atoms with Gasteiger partial charge in [-0.3, -0.25) is 25.0 Å². The normalized spacial score (nSPS) is 9.96. The van der Waals surface area contributed by atoms with Gasteiger partial charge in [0.25, 0.3) is 17.5 Å². The van der Waals surface area contributed by atoms with E-state index in [0.717, 1.165) is 6.07 Å². The molecular weight excluding hydrogens is 412 g/mol. The number of primary amides is 1. The number of nitrogens with one attached hydrogen (secondary N) is 2. The first kappa shape index (κ1) is 18.5. The Kier molecular flexibility index (Phi) is 5.78. The third kappa shape index (κ3) is 4.58. The number of hydrogen-bond donors (Lipinski definition) is 3. The lowest BCUT2D eigenvalue weighted by Crippen LogP contribution is -2.35. The third-order valence-corrected chi connectivity index (χ3v) is 3.97. The second-order valence-electron chi connectivity index (χ2n) is 4.74. The van der Waals surface area contributed by atoms with Crippen molar-refractivity contribution in [2.45, 2.75) is 0 Å². The zero-order valence-corrected chi connectivity index (χ0v) is 14.9. The minimum absolute atomic E-state index is 0.0431. The summed E-state index contributed by atoms with van der Waals surface area (Å²) in [6.45, 7) is 0. The quantitative estimate of drug-likeness (QED) is 0.394. The van der Waals surface area contributed by atoms with E-state index in [4.69, 9.17) is 18.0 Å². The average molecular weight is 423 g/mol. The van der Waals surface area contributed by atoms with Crippen LogP contribution in [0.25, 0.3) is 0 Å². The smallest absolute Gasteiger partial charge is 0.270 e. The summed E-state index contributed by atoms with van der Waals surface area (Å²) in [4.78, 5) is 33.9. The Balaban J connectivity index is 2.16. The SMILES string of the molecule is NC(=O)c1ccccc1NC(=S)NC(=O)c1cc([N+](=O)[O-])ccc1Br. The molecule has 0 unspecified atom stereocenters. The first-order valence-electron chi connectivity index (χ1n) is 6.74. The van der Waals surface area contributed by atoms with E-state index in [0.29, 0.717) is 10.2 Å². The molecule has 0 aromatic heterocycles. The van der Waals surface area contributed by atoms with Crippen molar-refractivity contribution in [1.29, 1.82) is 0 Å². The van der Waals surface area contributed by atoms with Crippen LogP contribution in [0.15, 0.2) is 46.9 Å². The van der Waals surface area contributed by atoms with Crippen LogP contribution in [0.4, 0.5) is 11.4 Å². The fourth-order valence-corrected chi connectivity index (χ4v) is 2.56. The molecule has 0 atom stereocenters. The maximum absolute atomic E-state index is 12.3. The molecule has 2 amide bonds. The van der Waals surface area contributed by atoms with E-state index >= 15 is 0 Å². The molecule has 0 aliphatic heterocycles. The molecule has 2 aromatic rings. The van der Waals surface area contributed by atoms with Gasteiger partial charge in [0.05, 0.1) is 21.7 Å². The molecule has 0 heterocycles. The van der Waals surface area contributed by atoms with Crippen molar-refractivity contribution in [3.05, 3.63) is 68.2 Å². The number of benzene rings is 2. The van der Waals surface area contributed by atoms with Crippen molar-refractivity contribution in [3.8, 4) is 0 Å². The molecule has 2 aromatic carbocycles. The van der Waals surface area contributed by atoms with Crippen molar-refractivity contribution in [1.82, 2.24) is 5.32 Å². The second kappa shape index (κ2) is 7.81. The third-order valence-electron chi connectivity index (χ3n) is 3.07. The van der Waals surface area contributed by atoms with E-state index in [1.165, 1.54) is 18.2 Å². The summed E-state index contributed by atoms with van der Waals surface area (Å²) < 4.78 is 0.371. The van der Waals surface area contributed by atoms with Crippen LogP contribution in [0.5, 0.6) is 0 Å². The Morgan fingerprint density at radius 1 is 1.16 bits per heavy atom. The number of nitrogens with two attached hydrogens (primary N) is 1. The number of thiocarbonyl (C=S) groups is 1. The van der Waals surface area contributed by atoms with E-state index in [1.807, 2.05) is 0 Å². The fraction of sp³-hybridized carbons (Fsp3) is 0. The largest absolute Gasteiger partial charge is 0.366 e. The number of para-hydroxylation sites is 1. The van der Waals surface area contributed by atoms with Crippen molar-refractivity contribution in [2.24, 2.45) is 5.73 Å². The summed E-state index contributed by atoms with van der Waals surface area (Å²) in [6.07, 6.45) is 0. The molecule has 8 nitrogen and oxygen atoms in total. The predicted octanol–water partition coefficient (Wildman–Crippen LogP) is 2.58. The van der Waals surface area contributed by atoms with Crippen LogP contribution in [0, 0.1) is 10.1 Å². The maximum atomic E-state index is 12.3. The lowest BCUT2D eigenvalue weighted by molar-refractivity contribution is -0.384. The maximum Gasteiger partial charge on any atom is 0.270 e. The first-order valence-corrected chi connectivity index (χ1v) is 7.95. The van der Waals surface area contributed by atoms with Crippen LogP contribution in [0.1, 0.15) is 20.7 Å². The van der Waals surface area contributed by atoms with Crippen molar-refractivity contribution in [3.63, 3.8) is 0 Å². The van der Waals surface area contributed by atoms with Crippen LogP contribution >= 0.6 is 28.1 Å². The monoisotopic (exact) mass is 422 g/mol. The number of nitrogens with zero attached hydrogens (tertiary/aromatic N) is 1. The van der Waals surface area contributed by atoms with Crippen molar-refractivity contribution < 1.29 is 14.5 Å². The number of rotatable bonds is 4. The molecule has 25 heavy (non-hydrogen) atoms. The predicted molar refractivity (Wildman–Crippen MR) is 99.4 cm³/mol. The molecule has 0 saturated heterocycles. The molecule has 0 saturated carbocycles. The average Bonchev–Trinajstić information content (AvgIpc) is 2.55. The highest BCUT2D eigenvalue weighted by Crippen LogP contribution is 2.22. The van der Waals surface area contributed by atoms with Crippen molar-refractivity contribution >= 4 is 56.4 Å². The zero-order chi connectivity index (χ0) is 18.6. The van der Waals surface area contributed by atoms with E-state index < -0.39 is 16.7 Å². The molecule has 0 spiro atoms. The van der Waals surface area contributed by atoms with Gasteiger partial charge < -0.3 is 11.1 Å². The highest BCUT2D eigenvalue weighted by Gasteiger charge is 2.17. The van der Waals surface area contributed by atoms with Gasteiger partial charge in [0.1, 0.15) is 0 Å². The highest BCUT2D eigenvalue weighted by molar-refractivity contribution is 9.10. The number of hydrogen-bond acceptors (Lipinski definition) is 5. The number of non-ortho nitro benzene ring substituents is 1. The van der Waals surface area contributed by atoms with Gasteiger partial charge in [-0.2, -0.15) is 0 Å². The van der Waals surface area contributed by atoms with Gasteiger partial charge in [-0.15, -0.1) is 0 Å². The summed E-state index contributed by atoms with van der Waals surface area (Å²) in [5, 5.41) is 15.8. The van der Waals surface area contributed by atoms with Gasteiger partial charge in [0, 0.05) is 16.6 Å². The molecule has 2 rings (SSSR count). The standard InChI is InChI=1S/C15H11BrN4O4S/c16-11-6-5-8(20(23)24)7-10(11)14(22)19-15(25)18-12-4-2-1-3-9(12)13(17)21/h1-7H,(H2,17,21)(H2,18,19,22,25). The van der Waals surface area contributed by atoms with E-state index in [1.54, 1.807) is 18.2 Å². The number of carbonyl (C=O) groups is 2. The fourth-order valence-electron chi connectivity index (χ4n) is 1.93. The Bertz CT molecular complexity index is 888. The highest BCUT2D eigenvalue weighted by atomic mass is 79.9. The molecule has 0 bridgehead atoms. The zero-order valence-electron chi connectivity index (χ0n) is 12.5. The molecule has 0 fully saturated rings. The van der Waals surface area contributed by atoms with E-state index in [9.17, 15) is 19.7 Å². The van der Waals surface area contributed by atoms with E-state index in [-0.39, 0.29) is 21.9 Å². The summed E-state index contributed by atoms with van der Waals surface area (Å²) in [6, 6.07) is 10.2. The number of nitro groups is 1. The molecule has 0 radical (unpaired) electrons. The van der Waals surface area contributed by atoms with Gasteiger partial charge >= 0.3 is 0 Å².